The van der Waals surface area contributed by atoms with E-state index in [2.05, 4.69) is 0 Å². The summed E-state index contributed by atoms with van der Waals surface area (Å²) in [5, 5.41) is 6.99. The molecule has 0 aromatic heterocycles. The average molecular weight is 150 g/mol. The Labute approximate surface area is 58.9 Å². The smallest absolute Gasteiger partial charge is 0.243 e. The van der Waals surface area contributed by atoms with Crippen LogP contribution in [0.25, 0.3) is 0 Å². The highest BCUT2D eigenvalue weighted by Crippen LogP contribution is 2.03. The number of hydrogen-bond donors (Lipinski definition) is 2. The van der Waals surface area contributed by atoms with Gasteiger partial charge >= 0.3 is 0 Å². The summed E-state index contributed by atoms with van der Waals surface area (Å²) in [5.41, 5.74) is 5.32. The zero-order chi connectivity index (χ0) is 8.15. The van der Waals surface area contributed by atoms with E-state index in [-0.39, 0.29) is 18.2 Å². The Morgan fingerprint density at radius 3 is 2.30 bits per heavy atom. The maximum atomic E-state index is 11.6. The van der Waals surface area contributed by atoms with E-state index < -0.39 is 12.8 Å². The molecule has 0 aliphatic heterocycles. The van der Waals surface area contributed by atoms with Gasteiger partial charge in [-0.3, -0.25) is 0 Å². The number of nitrogens with one attached hydrogen (secondary N) is 1. The first-order chi connectivity index (χ1) is 4.52. The third-order valence-corrected chi connectivity index (χ3v) is 0.969. The summed E-state index contributed by atoms with van der Waals surface area (Å²) < 4.78 is 23.1. The number of hydrogen-bond acceptors (Lipinski definition) is 2. The van der Waals surface area contributed by atoms with Gasteiger partial charge in [-0.15, -0.1) is 0 Å². The second kappa shape index (κ2) is 4.33. The van der Waals surface area contributed by atoms with Crippen molar-refractivity contribution in [2.75, 3.05) is 0 Å². The fourth-order valence-electron chi connectivity index (χ4n) is 0.658. The van der Waals surface area contributed by atoms with Gasteiger partial charge in [0.2, 0.25) is 6.43 Å². The van der Waals surface area contributed by atoms with Crippen LogP contribution in [0.1, 0.15) is 19.8 Å². The van der Waals surface area contributed by atoms with Gasteiger partial charge in [0.15, 0.2) is 0 Å². The van der Waals surface area contributed by atoms with E-state index in [1.165, 1.54) is 0 Å². The van der Waals surface area contributed by atoms with E-state index in [0.29, 0.717) is 0 Å². The molecule has 0 radical (unpaired) electrons. The highest BCUT2D eigenvalue weighted by molar-refractivity contribution is 5.82. The van der Waals surface area contributed by atoms with E-state index in [1.54, 1.807) is 6.92 Å². The van der Waals surface area contributed by atoms with Crippen molar-refractivity contribution in [2.24, 2.45) is 5.73 Å². The van der Waals surface area contributed by atoms with Gasteiger partial charge in [0.25, 0.3) is 0 Å². The minimum Gasteiger partial charge on any atom is -0.328 e. The SMILES string of the molecule is C[C@H](N)CC(=N)CC(F)F. The quantitative estimate of drug-likeness (QED) is 0.585. The first kappa shape index (κ1) is 9.49. The van der Waals surface area contributed by atoms with E-state index in [1.807, 2.05) is 0 Å². The Morgan fingerprint density at radius 2 is 2.00 bits per heavy atom. The van der Waals surface area contributed by atoms with E-state index in [4.69, 9.17) is 11.1 Å². The van der Waals surface area contributed by atoms with Crippen molar-refractivity contribution < 1.29 is 8.78 Å². The van der Waals surface area contributed by atoms with E-state index in [0.717, 1.165) is 0 Å². The molecule has 0 aromatic rings. The molecule has 60 valence electrons. The second-order valence-corrected chi connectivity index (χ2v) is 2.38. The predicted octanol–water partition coefficient (Wildman–Crippen LogP) is 1.40. The van der Waals surface area contributed by atoms with Crippen LogP contribution in [0.15, 0.2) is 0 Å². The molecule has 1 atom stereocenters. The first-order valence-electron chi connectivity index (χ1n) is 3.12. The Balaban J connectivity index is 3.44. The van der Waals surface area contributed by atoms with E-state index >= 15 is 0 Å². The Bertz CT molecular complexity index is 100. The largest absolute Gasteiger partial charge is 0.328 e. The van der Waals surface area contributed by atoms with Gasteiger partial charge in [-0.25, -0.2) is 8.78 Å². The monoisotopic (exact) mass is 150 g/mol. The average Bonchev–Trinajstić information content (AvgIpc) is 1.58. The van der Waals surface area contributed by atoms with Gasteiger partial charge < -0.3 is 11.1 Å². The van der Waals surface area contributed by atoms with Crippen LogP contribution in [0.4, 0.5) is 8.78 Å². The van der Waals surface area contributed by atoms with Gasteiger partial charge in [0.1, 0.15) is 0 Å². The molecule has 0 fully saturated rings. The lowest BCUT2D eigenvalue weighted by Crippen LogP contribution is -2.20. The lowest BCUT2D eigenvalue weighted by Gasteiger charge is -2.05. The molecule has 3 N–H and O–H groups in total. The van der Waals surface area contributed by atoms with Crippen LogP contribution in [0.2, 0.25) is 0 Å². The maximum Gasteiger partial charge on any atom is 0.243 e. The molecule has 0 saturated heterocycles. The van der Waals surface area contributed by atoms with E-state index in [9.17, 15) is 8.78 Å². The zero-order valence-electron chi connectivity index (χ0n) is 5.90. The molecule has 0 spiro atoms. The molecule has 0 rings (SSSR count). The molecule has 0 amide bonds. The van der Waals surface area contributed by atoms with Crippen LogP contribution in [0, 0.1) is 5.41 Å². The van der Waals surface area contributed by atoms with Gasteiger partial charge in [0, 0.05) is 24.6 Å². The third-order valence-electron chi connectivity index (χ3n) is 0.969. The van der Waals surface area contributed by atoms with Crippen molar-refractivity contribution in [3.63, 3.8) is 0 Å². The fraction of sp³-hybridized carbons (Fsp3) is 0.833. The predicted molar refractivity (Wildman–Crippen MR) is 36.6 cm³/mol. The van der Waals surface area contributed by atoms with Crippen molar-refractivity contribution in [2.45, 2.75) is 32.2 Å². The van der Waals surface area contributed by atoms with Crippen molar-refractivity contribution in [1.82, 2.24) is 0 Å². The second-order valence-electron chi connectivity index (χ2n) is 2.38. The molecule has 2 nitrogen and oxygen atoms in total. The summed E-state index contributed by atoms with van der Waals surface area (Å²) in [5.74, 6) is 0. The molecule has 0 aliphatic rings. The van der Waals surface area contributed by atoms with Crippen LogP contribution in [0.5, 0.6) is 0 Å². The van der Waals surface area contributed by atoms with Crippen LogP contribution < -0.4 is 5.73 Å². The lowest BCUT2D eigenvalue weighted by atomic mass is 10.1. The number of halogens is 2. The Kier molecular flexibility index (Phi) is 4.11. The molecule has 0 bridgehead atoms. The summed E-state index contributed by atoms with van der Waals surface area (Å²) in [6.07, 6.45) is -2.59. The van der Waals surface area contributed by atoms with Gasteiger partial charge in [0.05, 0.1) is 0 Å². The van der Waals surface area contributed by atoms with Crippen molar-refractivity contribution in [1.29, 1.82) is 5.41 Å². The summed E-state index contributed by atoms with van der Waals surface area (Å²) >= 11 is 0. The van der Waals surface area contributed by atoms with Crippen LogP contribution in [-0.4, -0.2) is 18.2 Å². The topological polar surface area (TPSA) is 49.9 Å². The normalized spacial score (nSPS) is 13.7. The minimum atomic E-state index is -2.41. The van der Waals surface area contributed by atoms with Gasteiger partial charge in [-0.1, -0.05) is 0 Å². The molecular weight excluding hydrogens is 138 g/mol. The highest BCUT2D eigenvalue weighted by atomic mass is 19.3. The Morgan fingerprint density at radius 1 is 1.50 bits per heavy atom. The molecule has 0 heterocycles. The zero-order valence-corrected chi connectivity index (χ0v) is 5.90. The summed E-state index contributed by atoms with van der Waals surface area (Å²) in [4.78, 5) is 0. The van der Waals surface area contributed by atoms with Crippen LogP contribution in [0.3, 0.4) is 0 Å². The highest BCUT2D eigenvalue weighted by Gasteiger charge is 2.08. The Hall–Kier alpha value is -0.510. The molecule has 0 aromatic carbocycles. The summed E-state index contributed by atoms with van der Waals surface area (Å²) in [6.45, 7) is 1.69. The van der Waals surface area contributed by atoms with Crippen molar-refractivity contribution in [3.8, 4) is 0 Å². The fourth-order valence-corrected chi connectivity index (χ4v) is 0.658. The van der Waals surface area contributed by atoms with Gasteiger partial charge in [-0.05, 0) is 6.92 Å². The summed E-state index contributed by atoms with van der Waals surface area (Å²) in [7, 11) is 0. The third kappa shape index (κ3) is 5.62. The lowest BCUT2D eigenvalue weighted by molar-refractivity contribution is 0.156. The minimum absolute atomic E-state index is 0.0324. The van der Waals surface area contributed by atoms with Crippen LogP contribution >= 0.6 is 0 Å². The van der Waals surface area contributed by atoms with Crippen molar-refractivity contribution in [3.05, 3.63) is 0 Å². The maximum absolute atomic E-state index is 11.6. The van der Waals surface area contributed by atoms with Crippen LogP contribution in [-0.2, 0) is 0 Å². The van der Waals surface area contributed by atoms with Gasteiger partial charge in [-0.2, -0.15) is 0 Å². The first-order valence-corrected chi connectivity index (χ1v) is 3.12. The molecular formula is C6H12F2N2. The molecule has 4 heteroatoms. The molecule has 10 heavy (non-hydrogen) atoms. The number of rotatable bonds is 4. The standard InChI is InChI=1S/C6H12F2N2/c1-4(9)2-5(10)3-6(7)8/h4,6,10H,2-3,9H2,1H3/t4-/m0/s1. The number of alkyl halides is 2. The van der Waals surface area contributed by atoms with Crippen molar-refractivity contribution >= 4 is 5.71 Å². The summed E-state index contributed by atoms with van der Waals surface area (Å²) in [6, 6.07) is -0.189. The molecule has 0 unspecified atom stereocenters. The molecule has 0 aliphatic carbocycles. The molecule has 0 saturated carbocycles. The number of nitrogens with two attached hydrogens (primary N) is 1.